The lowest BCUT2D eigenvalue weighted by molar-refractivity contribution is -0.137. The van der Waals surface area contributed by atoms with E-state index in [4.69, 9.17) is 0 Å². The van der Waals surface area contributed by atoms with Crippen molar-refractivity contribution in [3.05, 3.63) is 36.2 Å². The molecular formula is C20H22F3N4O2P. The van der Waals surface area contributed by atoms with Crippen molar-refractivity contribution in [2.24, 2.45) is 0 Å². The topological polar surface area (TPSA) is 90.9 Å². The molecule has 160 valence electrons. The summed E-state index contributed by atoms with van der Waals surface area (Å²) in [5.74, 6) is 0.0360. The predicted octanol–water partition coefficient (Wildman–Crippen LogP) is 4.22. The van der Waals surface area contributed by atoms with E-state index in [1.165, 1.54) is 6.20 Å². The summed E-state index contributed by atoms with van der Waals surface area (Å²) in [5, 5.41) is 13.7. The SMILES string of the molecule is CP(C)(=O)c1cccc2c(-c3nc(NC4(CO)CCC4)ncc3C(F)(F)F)c[nH]c12. The summed E-state index contributed by atoms with van der Waals surface area (Å²) in [5.41, 5.74) is -1.03. The maximum Gasteiger partial charge on any atom is 0.419 e. The van der Waals surface area contributed by atoms with E-state index < -0.39 is 24.4 Å². The van der Waals surface area contributed by atoms with Crippen molar-refractivity contribution in [1.82, 2.24) is 15.0 Å². The summed E-state index contributed by atoms with van der Waals surface area (Å²) in [6, 6.07) is 5.07. The van der Waals surface area contributed by atoms with Gasteiger partial charge in [-0.05, 0) is 38.7 Å². The normalized spacial score (nSPS) is 16.5. The first-order valence-corrected chi connectivity index (χ1v) is 12.1. The van der Waals surface area contributed by atoms with Crippen LogP contribution in [0.15, 0.2) is 30.6 Å². The third-order valence-corrected chi connectivity index (χ3v) is 7.15. The van der Waals surface area contributed by atoms with Gasteiger partial charge >= 0.3 is 6.18 Å². The van der Waals surface area contributed by atoms with Gasteiger partial charge in [-0.3, -0.25) is 0 Å². The number of aromatic amines is 1. The van der Waals surface area contributed by atoms with Gasteiger partial charge in [0, 0.05) is 28.6 Å². The lowest BCUT2D eigenvalue weighted by Gasteiger charge is -2.41. The van der Waals surface area contributed by atoms with E-state index in [1.807, 2.05) is 0 Å². The number of aliphatic hydroxyl groups excluding tert-OH is 1. The number of rotatable bonds is 5. The van der Waals surface area contributed by atoms with Crippen molar-refractivity contribution in [3.8, 4) is 11.3 Å². The first-order valence-electron chi connectivity index (χ1n) is 9.53. The zero-order valence-corrected chi connectivity index (χ0v) is 17.4. The molecule has 1 aromatic carbocycles. The second-order valence-electron chi connectivity index (χ2n) is 8.12. The molecular weight excluding hydrogens is 416 g/mol. The second-order valence-corrected chi connectivity index (χ2v) is 11.3. The summed E-state index contributed by atoms with van der Waals surface area (Å²) in [6.07, 6.45) is -0.118. The highest BCUT2D eigenvalue weighted by atomic mass is 31.2. The fraction of sp³-hybridized carbons (Fsp3) is 0.400. The molecule has 1 fully saturated rings. The number of alkyl halides is 3. The molecule has 1 saturated carbocycles. The maximum absolute atomic E-state index is 13.7. The average molecular weight is 438 g/mol. The summed E-state index contributed by atoms with van der Waals surface area (Å²) < 4.78 is 53.8. The van der Waals surface area contributed by atoms with Gasteiger partial charge in [0.15, 0.2) is 0 Å². The molecule has 2 aromatic heterocycles. The minimum absolute atomic E-state index is 0.0360. The fourth-order valence-electron chi connectivity index (χ4n) is 3.80. The quantitative estimate of drug-likeness (QED) is 0.519. The van der Waals surface area contributed by atoms with Crippen LogP contribution in [0.5, 0.6) is 0 Å². The van der Waals surface area contributed by atoms with E-state index in [-0.39, 0.29) is 23.8 Å². The Morgan fingerprint density at radius 3 is 2.60 bits per heavy atom. The first kappa shape index (κ1) is 20.9. The largest absolute Gasteiger partial charge is 0.419 e. The summed E-state index contributed by atoms with van der Waals surface area (Å²) in [4.78, 5) is 11.0. The third kappa shape index (κ3) is 3.61. The Morgan fingerprint density at radius 2 is 2.03 bits per heavy atom. The highest BCUT2D eigenvalue weighted by Crippen LogP contribution is 2.42. The number of aromatic nitrogens is 3. The first-order chi connectivity index (χ1) is 14.0. The molecule has 0 unspecified atom stereocenters. The van der Waals surface area contributed by atoms with Gasteiger partial charge in [-0.1, -0.05) is 12.1 Å². The Hall–Kier alpha value is -2.38. The smallest absolute Gasteiger partial charge is 0.394 e. The van der Waals surface area contributed by atoms with Gasteiger partial charge in [0.25, 0.3) is 0 Å². The Morgan fingerprint density at radius 1 is 1.30 bits per heavy atom. The van der Waals surface area contributed by atoms with E-state index in [1.54, 1.807) is 31.5 Å². The lowest BCUT2D eigenvalue weighted by Crippen LogP contribution is -2.48. The standard InChI is InChI=1S/C20H22F3N4O2P/c1-30(2,29)15-6-3-5-12-13(9-24-17(12)15)16-14(20(21,22)23)10-25-18(26-16)27-19(11-28)7-4-8-19/h3,5-6,9-10,24,28H,4,7-8,11H2,1-2H3,(H,25,26,27). The molecule has 3 aromatic rings. The molecule has 0 amide bonds. The molecule has 1 aliphatic carbocycles. The Labute approximate surface area is 171 Å². The van der Waals surface area contributed by atoms with Gasteiger partial charge < -0.3 is 20.0 Å². The minimum atomic E-state index is -4.65. The van der Waals surface area contributed by atoms with Gasteiger partial charge in [0.1, 0.15) is 12.7 Å². The van der Waals surface area contributed by atoms with Gasteiger partial charge in [0.05, 0.1) is 23.4 Å². The molecule has 0 bridgehead atoms. The van der Waals surface area contributed by atoms with Crippen LogP contribution in [0.25, 0.3) is 22.2 Å². The molecule has 3 N–H and O–H groups in total. The van der Waals surface area contributed by atoms with Crippen LogP contribution in [-0.2, 0) is 10.7 Å². The molecule has 0 saturated heterocycles. The summed E-state index contributed by atoms with van der Waals surface area (Å²) in [7, 11) is -2.65. The van der Waals surface area contributed by atoms with Crippen LogP contribution < -0.4 is 10.6 Å². The number of aliphatic hydroxyl groups is 1. The Kier molecular flexibility index (Phi) is 4.94. The Bertz CT molecular complexity index is 1140. The molecule has 6 nitrogen and oxygen atoms in total. The number of hydrogen-bond acceptors (Lipinski definition) is 5. The number of fused-ring (bicyclic) bond motifs is 1. The fourth-order valence-corrected chi connectivity index (χ4v) is 4.97. The van der Waals surface area contributed by atoms with Crippen LogP contribution in [0, 0.1) is 0 Å². The van der Waals surface area contributed by atoms with Gasteiger partial charge in [0.2, 0.25) is 5.95 Å². The van der Waals surface area contributed by atoms with E-state index in [9.17, 15) is 22.8 Å². The number of benzene rings is 1. The molecule has 10 heteroatoms. The van der Waals surface area contributed by atoms with E-state index >= 15 is 0 Å². The predicted molar refractivity (Wildman–Crippen MR) is 111 cm³/mol. The van der Waals surface area contributed by atoms with Gasteiger partial charge in [-0.2, -0.15) is 13.2 Å². The minimum Gasteiger partial charge on any atom is -0.394 e. The zero-order valence-electron chi connectivity index (χ0n) is 16.5. The maximum atomic E-state index is 13.7. The summed E-state index contributed by atoms with van der Waals surface area (Å²) in [6.45, 7) is 3.08. The molecule has 4 rings (SSSR count). The van der Waals surface area contributed by atoms with Crippen LogP contribution in [0.2, 0.25) is 0 Å². The molecule has 0 radical (unpaired) electrons. The number of nitrogens with zero attached hydrogens (tertiary/aromatic N) is 2. The number of hydrogen-bond donors (Lipinski definition) is 3. The van der Waals surface area contributed by atoms with Crippen LogP contribution in [0.4, 0.5) is 19.1 Å². The summed E-state index contributed by atoms with van der Waals surface area (Å²) >= 11 is 0. The lowest BCUT2D eigenvalue weighted by atomic mass is 9.77. The third-order valence-electron chi connectivity index (χ3n) is 5.61. The monoisotopic (exact) mass is 438 g/mol. The number of para-hydroxylation sites is 1. The molecule has 1 aliphatic rings. The van der Waals surface area contributed by atoms with E-state index in [0.29, 0.717) is 29.0 Å². The van der Waals surface area contributed by atoms with Crippen molar-refractivity contribution in [2.45, 2.75) is 31.0 Å². The van der Waals surface area contributed by atoms with E-state index in [2.05, 4.69) is 20.3 Å². The highest BCUT2D eigenvalue weighted by molar-refractivity contribution is 7.70. The Balaban J connectivity index is 1.88. The van der Waals surface area contributed by atoms with Crippen molar-refractivity contribution < 1.29 is 22.8 Å². The highest BCUT2D eigenvalue weighted by Gasteiger charge is 2.39. The van der Waals surface area contributed by atoms with Crippen LogP contribution in [0.1, 0.15) is 24.8 Å². The average Bonchev–Trinajstić information content (AvgIpc) is 3.07. The molecule has 0 spiro atoms. The van der Waals surface area contributed by atoms with Crippen LogP contribution in [0.3, 0.4) is 0 Å². The molecule has 30 heavy (non-hydrogen) atoms. The van der Waals surface area contributed by atoms with Crippen molar-refractivity contribution in [2.75, 3.05) is 25.3 Å². The van der Waals surface area contributed by atoms with Crippen molar-refractivity contribution in [3.63, 3.8) is 0 Å². The molecule has 2 heterocycles. The number of H-pyrrole nitrogens is 1. The van der Waals surface area contributed by atoms with Crippen LogP contribution in [-0.4, -0.2) is 45.5 Å². The van der Waals surface area contributed by atoms with Crippen molar-refractivity contribution in [1.29, 1.82) is 0 Å². The molecule has 0 atom stereocenters. The van der Waals surface area contributed by atoms with Crippen LogP contribution >= 0.6 is 7.14 Å². The zero-order chi connectivity index (χ0) is 21.7. The number of nitrogens with one attached hydrogen (secondary N) is 2. The van der Waals surface area contributed by atoms with Gasteiger partial charge in [-0.25, -0.2) is 9.97 Å². The number of anilines is 1. The molecule has 0 aliphatic heterocycles. The van der Waals surface area contributed by atoms with Crippen molar-refractivity contribution >= 4 is 29.3 Å². The van der Waals surface area contributed by atoms with E-state index in [0.717, 1.165) is 12.6 Å². The van der Waals surface area contributed by atoms with Gasteiger partial charge in [-0.15, -0.1) is 0 Å². The second kappa shape index (κ2) is 7.10. The number of halogens is 3.